The molecule has 6 nitrogen and oxygen atoms in total. The van der Waals surface area contributed by atoms with Crippen molar-refractivity contribution < 1.29 is 14.6 Å². The van der Waals surface area contributed by atoms with Gasteiger partial charge in [0.15, 0.2) is 0 Å². The summed E-state index contributed by atoms with van der Waals surface area (Å²) in [5.41, 5.74) is 1.47. The van der Waals surface area contributed by atoms with E-state index in [0.717, 1.165) is 5.56 Å². The molecule has 2 bridgehead atoms. The number of hydrogen-bond donors (Lipinski definition) is 2. The van der Waals surface area contributed by atoms with Gasteiger partial charge >= 0.3 is 0 Å². The Morgan fingerprint density at radius 2 is 2.20 bits per heavy atom. The fraction of sp³-hybridized carbons (Fsp3) is 0.412. The summed E-state index contributed by atoms with van der Waals surface area (Å²) in [7, 11) is 1.82. The van der Waals surface area contributed by atoms with E-state index in [-0.39, 0.29) is 17.9 Å². The van der Waals surface area contributed by atoms with Gasteiger partial charge in [0.25, 0.3) is 0 Å². The van der Waals surface area contributed by atoms with E-state index >= 15 is 0 Å². The zero-order chi connectivity index (χ0) is 17.7. The lowest BCUT2D eigenvalue weighted by atomic mass is 9.74. The van der Waals surface area contributed by atoms with Crippen molar-refractivity contribution in [2.45, 2.75) is 30.7 Å². The maximum absolute atomic E-state index is 12.9. The van der Waals surface area contributed by atoms with Crippen molar-refractivity contribution in [1.29, 1.82) is 0 Å². The third-order valence-corrected chi connectivity index (χ3v) is 5.67. The number of fused-ring (bicyclic) bond motifs is 2. The highest BCUT2D eigenvalue weighted by molar-refractivity contribution is 6.42. The van der Waals surface area contributed by atoms with Crippen molar-refractivity contribution in [3.05, 3.63) is 46.2 Å². The molecule has 1 aromatic heterocycles. The molecule has 25 heavy (non-hydrogen) atoms. The van der Waals surface area contributed by atoms with Crippen LogP contribution in [0.3, 0.4) is 0 Å². The topological polar surface area (TPSA) is 76.4 Å². The zero-order valence-electron chi connectivity index (χ0n) is 13.4. The molecule has 0 radical (unpaired) electrons. The van der Waals surface area contributed by atoms with Gasteiger partial charge in [-0.1, -0.05) is 23.2 Å². The molecule has 0 aliphatic carbocycles. The first-order valence-corrected chi connectivity index (χ1v) is 8.77. The SMILES string of the molecule is Cn1cc(C2C3OC(CC3O)C2C(=O)Nc2ccc(Cl)c(Cl)c2)cn1. The van der Waals surface area contributed by atoms with Crippen molar-refractivity contribution in [2.75, 3.05) is 5.32 Å². The molecular formula is C17H17Cl2N3O3. The molecule has 1 aromatic carbocycles. The van der Waals surface area contributed by atoms with Crippen molar-refractivity contribution >= 4 is 34.8 Å². The summed E-state index contributed by atoms with van der Waals surface area (Å²) in [6, 6.07) is 4.96. The first kappa shape index (κ1) is 16.8. The normalized spacial score (nSPS) is 30.6. The summed E-state index contributed by atoms with van der Waals surface area (Å²) >= 11 is 11.9. The van der Waals surface area contributed by atoms with Gasteiger partial charge in [0.1, 0.15) is 0 Å². The summed E-state index contributed by atoms with van der Waals surface area (Å²) in [4.78, 5) is 12.9. The Morgan fingerprint density at radius 1 is 1.40 bits per heavy atom. The average molecular weight is 382 g/mol. The third-order valence-electron chi connectivity index (χ3n) is 4.93. The molecule has 5 atom stereocenters. The predicted octanol–water partition coefficient (Wildman–Crippen LogP) is 2.60. The predicted molar refractivity (Wildman–Crippen MR) is 93.8 cm³/mol. The van der Waals surface area contributed by atoms with Crippen LogP contribution in [0.5, 0.6) is 0 Å². The number of carbonyl (C=O) groups excluding carboxylic acids is 1. The minimum Gasteiger partial charge on any atom is -0.390 e. The van der Waals surface area contributed by atoms with E-state index in [4.69, 9.17) is 27.9 Å². The third kappa shape index (κ3) is 2.93. The van der Waals surface area contributed by atoms with E-state index in [1.807, 2.05) is 13.2 Å². The van der Waals surface area contributed by atoms with E-state index in [9.17, 15) is 9.90 Å². The number of aromatic nitrogens is 2. The Balaban J connectivity index is 1.60. The molecule has 0 spiro atoms. The number of rotatable bonds is 3. The second kappa shape index (κ2) is 6.29. The first-order chi connectivity index (χ1) is 11.9. The van der Waals surface area contributed by atoms with Gasteiger partial charge in [-0.3, -0.25) is 9.48 Å². The molecule has 2 aliphatic heterocycles. The van der Waals surface area contributed by atoms with Gasteiger partial charge in [-0.15, -0.1) is 0 Å². The van der Waals surface area contributed by atoms with Crippen LogP contribution in [0.4, 0.5) is 5.69 Å². The van der Waals surface area contributed by atoms with Crippen LogP contribution in [0.1, 0.15) is 17.9 Å². The number of nitrogens with one attached hydrogen (secondary N) is 1. The Hall–Kier alpha value is -1.60. The largest absolute Gasteiger partial charge is 0.390 e. The number of carbonyl (C=O) groups is 1. The number of benzene rings is 1. The average Bonchev–Trinajstić information content (AvgIpc) is 3.24. The Labute approximate surface area is 154 Å². The number of nitrogens with zero attached hydrogens (tertiary/aromatic N) is 2. The summed E-state index contributed by atoms with van der Waals surface area (Å²) in [6.45, 7) is 0. The highest BCUT2D eigenvalue weighted by Gasteiger charge is 2.57. The van der Waals surface area contributed by atoms with Crippen LogP contribution in [0.15, 0.2) is 30.6 Å². The van der Waals surface area contributed by atoms with Crippen molar-refractivity contribution in [3.8, 4) is 0 Å². The zero-order valence-corrected chi connectivity index (χ0v) is 14.9. The van der Waals surface area contributed by atoms with Crippen molar-refractivity contribution in [1.82, 2.24) is 9.78 Å². The molecule has 2 N–H and O–H groups in total. The molecule has 132 valence electrons. The molecule has 4 rings (SSSR count). The van der Waals surface area contributed by atoms with Crippen LogP contribution in [-0.4, -0.2) is 39.1 Å². The highest BCUT2D eigenvalue weighted by Crippen LogP contribution is 2.49. The molecule has 8 heteroatoms. The number of ether oxygens (including phenoxy) is 1. The highest BCUT2D eigenvalue weighted by atomic mass is 35.5. The molecule has 1 amide bonds. The minimum absolute atomic E-state index is 0.161. The first-order valence-electron chi connectivity index (χ1n) is 8.02. The summed E-state index contributed by atoms with van der Waals surface area (Å²) in [6.07, 6.45) is 2.78. The van der Waals surface area contributed by atoms with Crippen LogP contribution in [0.2, 0.25) is 10.0 Å². The Morgan fingerprint density at radius 3 is 2.88 bits per heavy atom. The van der Waals surface area contributed by atoms with Gasteiger partial charge in [0.05, 0.1) is 40.5 Å². The molecule has 3 heterocycles. The minimum atomic E-state index is -0.566. The Bertz CT molecular complexity index is 825. The van der Waals surface area contributed by atoms with Crippen molar-refractivity contribution in [2.24, 2.45) is 13.0 Å². The maximum Gasteiger partial charge on any atom is 0.230 e. The standard InChI is InChI=1S/C17H17Cl2N3O3/c1-22-7-8(6-20-22)14-15(13-5-12(23)16(14)25-13)17(24)21-9-2-3-10(18)11(19)4-9/h2-4,6-7,12-16,23H,5H2,1H3,(H,21,24). The van der Waals surface area contributed by atoms with Crippen molar-refractivity contribution in [3.63, 3.8) is 0 Å². The molecule has 2 fully saturated rings. The van der Waals surface area contributed by atoms with Crippen LogP contribution in [0.25, 0.3) is 0 Å². The van der Waals surface area contributed by atoms with E-state index in [2.05, 4.69) is 10.4 Å². The second-order valence-electron chi connectivity index (χ2n) is 6.56. The monoisotopic (exact) mass is 381 g/mol. The van der Waals surface area contributed by atoms with Crippen LogP contribution < -0.4 is 5.32 Å². The van der Waals surface area contributed by atoms with Crippen LogP contribution in [-0.2, 0) is 16.6 Å². The summed E-state index contributed by atoms with van der Waals surface area (Å²) in [5, 5.41) is 18.1. The number of halogens is 2. The lowest BCUT2D eigenvalue weighted by Gasteiger charge is -2.29. The number of hydrogen-bond acceptors (Lipinski definition) is 4. The van der Waals surface area contributed by atoms with E-state index < -0.39 is 18.1 Å². The van der Waals surface area contributed by atoms with Crippen LogP contribution in [0, 0.1) is 5.92 Å². The quantitative estimate of drug-likeness (QED) is 0.856. The van der Waals surface area contributed by atoms with E-state index in [1.165, 1.54) is 0 Å². The van der Waals surface area contributed by atoms with Gasteiger partial charge in [-0.05, 0) is 23.8 Å². The smallest absolute Gasteiger partial charge is 0.230 e. The molecule has 0 saturated carbocycles. The molecule has 2 saturated heterocycles. The van der Waals surface area contributed by atoms with Gasteiger partial charge < -0.3 is 15.2 Å². The summed E-state index contributed by atoms with van der Waals surface area (Å²) in [5.74, 6) is -0.788. The van der Waals surface area contributed by atoms with E-state index in [0.29, 0.717) is 22.2 Å². The fourth-order valence-corrected chi connectivity index (χ4v) is 4.15. The van der Waals surface area contributed by atoms with Gasteiger partial charge in [-0.2, -0.15) is 5.10 Å². The van der Waals surface area contributed by atoms with Gasteiger partial charge in [-0.25, -0.2) is 0 Å². The Kier molecular flexibility index (Phi) is 4.24. The fourth-order valence-electron chi connectivity index (χ4n) is 3.85. The number of aliphatic hydroxyl groups is 1. The lowest BCUT2D eigenvalue weighted by molar-refractivity contribution is -0.121. The number of anilines is 1. The lowest BCUT2D eigenvalue weighted by Crippen LogP contribution is -2.40. The van der Waals surface area contributed by atoms with Gasteiger partial charge in [0, 0.05) is 31.3 Å². The molecular weight excluding hydrogens is 365 g/mol. The number of amides is 1. The number of aryl methyl sites for hydroxylation is 1. The van der Waals surface area contributed by atoms with E-state index in [1.54, 1.807) is 29.1 Å². The summed E-state index contributed by atoms with van der Waals surface area (Å²) < 4.78 is 7.56. The maximum atomic E-state index is 12.9. The molecule has 2 aromatic rings. The molecule has 2 aliphatic rings. The van der Waals surface area contributed by atoms with Crippen LogP contribution >= 0.6 is 23.2 Å². The second-order valence-corrected chi connectivity index (χ2v) is 7.37. The van der Waals surface area contributed by atoms with Gasteiger partial charge in [0.2, 0.25) is 5.91 Å². The molecule has 5 unspecified atom stereocenters. The number of aliphatic hydroxyl groups excluding tert-OH is 1.